The molecule has 1 atom stereocenters. The molecule has 0 saturated carbocycles. The van der Waals surface area contributed by atoms with Gasteiger partial charge in [-0.15, -0.1) is 0 Å². The third kappa shape index (κ3) is 2.63. The van der Waals surface area contributed by atoms with E-state index in [4.69, 9.17) is 4.74 Å². The van der Waals surface area contributed by atoms with Crippen LogP contribution in [-0.2, 0) is 6.54 Å². The molecule has 0 spiro atoms. The molecule has 102 valence electrons. The zero-order valence-electron chi connectivity index (χ0n) is 12.0. The van der Waals surface area contributed by atoms with E-state index in [1.807, 2.05) is 30.1 Å². The van der Waals surface area contributed by atoms with Crippen LogP contribution < -0.4 is 10.1 Å². The number of hydrogen-bond acceptors (Lipinski definition) is 3. The molecule has 0 amide bonds. The van der Waals surface area contributed by atoms with Crippen LogP contribution in [0.3, 0.4) is 0 Å². The molecule has 0 fully saturated rings. The lowest BCUT2D eigenvalue weighted by molar-refractivity contribution is 0.403. The number of hydrogen-bond donors (Lipinski definition) is 1. The predicted octanol–water partition coefficient (Wildman–Crippen LogP) is 2.53. The van der Waals surface area contributed by atoms with Crippen molar-refractivity contribution >= 4 is 0 Å². The van der Waals surface area contributed by atoms with Crippen molar-refractivity contribution in [2.75, 3.05) is 14.2 Å². The summed E-state index contributed by atoms with van der Waals surface area (Å²) in [5, 5.41) is 7.70. The summed E-state index contributed by atoms with van der Waals surface area (Å²) in [5.41, 5.74) is 3.51. The summed E-state index contributed by atoms with van der Waals surface area (Å²) in [4.78, 5) is 0. The quantitative estimate of drug-likeness (QED) is 0.897. The molecular formula is C15H21N3O. The second kappa shape index (κ2) is 5.89. The molecule has 0 bridgehead atoms. The molecule has 2 aromatic rings. The Morgan fingerprint density at radius 2 is 2.16 bits per heavy atom. The van der Waals surface area contributed by atoms with Gasteiger partial charge in [0.2, 0.25) is 0 Å². The van der Waals surface area contributed by atoms with Gasteiger partial charge in [-0.3, -0.25) is 4.68 Å². The first-order valence-corrected chi connectivity index (χ1v) is 6.54. The molecule has 0 aliphatic carbocycles. The third-order valence-corrected chi connectivity index (χ3v) is 3.33. The molecule has 1 unspecified atom stereocenters. The van der Waals surface area contributed by atoms with Gasteiger partial charge in [-0.1, -0.05) is 17.7 Å². The molecule has 0 radical (unpaired) electrons. The van der Waals surface area contributed by atoms with Crippen LogP contribution in [0.4, 0.5) is 0 Å². The van der Waals surface area contributed by atoms with Crippen LogP contribution in [0.5, 0.6) is 5.75 Å². The van der Waals surface area contributed by atoms with Crippen LogP contribution in [0.1, 0.15) is 29.8 Å². The largest absolute Gasteiger partial charge is 0.496 e. The molecule has 0 aliphatic rings. The lowest BCUT2D eigenvalue weighted by Gasteiger charge is -2.21. The smallest absolute Gasteiger partial charge is 0.124 e. The fourth-order valence-electron chi connectivity index (χ4n) is 2.39. The second-order valence-electron chi connectivity index (χ2n) is 4.54. The van der Waals surface area contributed by atoms with E-state index < -0.39 is 0 Å². The van der Waals surface area contributed by atoms with Crippen molar-refractivity contribution in [1.82, 2.24) is 15.1 Å². The van der Waals surface area contributed by atoms with Crippen molar-refractivity contribution in [3.63, 3.8) is 0 Å². The summed E-state index contributed by atoms with van der Waals surface area (Å²) >= 11 is 0. The van der Waals surface area contributed by atoms with Gasteiger partial charge in [0.25, 0.3) is 0 Å². The highest BCUT2D eigenvalue weighted by Gasteiger charge is 2.19. The van der Waals surface area contributed by atoms with Crippen molar-refractivity contribution in [1.29, 1.82) is 0 Å². The lowest BCUT2D eigenvalue weighted by atomic mass is 10.0. The normalized spacial score (nSPS) is 12.4. The van der Waals surface area contributed by atoms with Crippen molar-refractivity contribution in [2.24, 2.45) is 0 Å². The number of rotatable bonds is 5. The molecule has 2 rings (SSSR count). The minimum atomic E-state index is 0.0808. The zero-order chi connectivity index (χ0) is 13.8. The highest BCUT2D eigenvalue weighted by molar-refractivity contribution is 5.42. The Hall–Kier alpha value is -1.81. The Morgan fingerprint density at radius 1 is 1.37 bits per heavy atom. The molecular weight excluding hydrogens is 238 g/mol. The van der Waals surface area contributed by atoms with E-state index in [0.717, 1.165) is 23.6 Å². The Labute approximate surface area is 114 Å². The Bertz CT molecular complexity index is 548. The number of ether oxygens (including phenoxy) is 1. The van der Waals surface area contributed by atoms with Gasteiger partial charge >= 0.3 is 0 Å². The summed E-state index contributed by atoms with van der Waals surface area (Å²) in [6.45, 7) is 5.04. The predicted molar refractivity (Wildman–Crippen MR) is 76.5 cm³/mol. The van der Waals surface area contributed by atoms with Crippen LogP contribution in [0.15, 0.2) is 30.5 Å². The molecule has 0 saturated heterocycles. The van der Waals surface area contributed by atoms with Gasteiger partial charge in [-0.2, -0.15) is 5.10 Å². The minimum Gasteiger partial charge on any atom is -0.496 e. The average molecular weight is 259 g/mol. The molecule has 4 heteroatoms. The zero-order valence-corrected chi connectivity index (χ0v) is 12.0. The van der Waals surface area contributed by atoms with E-state index in [0.29, 0.717) is 0 Å². The molecule has 19 heavy (non-hydrogen) atoms. The maximum Gasteiger partial charge on any atom is 0.124 e. The van der Waals surface area contributed by atoms with E-state index in [-0.39, 0.29) is 6.04 Å². The molecule has 4 nitrogen and oxygen atoms in total. The van der Waals surface area contributed by atoms with Gasteiger partial charge in [0.05, 0.1) is 18.8 Å². The van der Waals surface area contributed by atoms with Crippen molar-refractivity contribution < 1.29 is 4.74 Å². The van der Waals surface area contributed by atoms with E-state index in [1.54, 1.807) is 7.11 Å². The molecule has 1 N–H and O–H groups in total. The van der Waals surface area contributed by atoms with Gasteiger partial charge < -0.3 is 10.1 Å². The van der Waals surface area contributed by atoms with Gasteiger partial charge in [-0.25, -0.2) is 0 Å². The minimum absolute atomic E-state index is 0.0808. The van der Waals surface area contributed by atoms with Crippen LogP contribution >= 0.6 is 0 Å². The van der Waals surface area contributed by atoms with Crippen LogP contribution in [0.25, 0.3) is 0 Å². The fraction of sp³-hybridized carbons (Fsp3) is 0.400. The number of nitrogens with one attached hydrogen (secondary N) is 1. The maximum atomic E-state index is 5.49. The summed E-state index contributed by atoms with van der Waals surface area (Å²) < 4.78 is 7.49. The van der Waals surface area contributed by atoms with Gasteiger partial charge in [0.15, 0.2) is 0 Å². The fourth-order valence-corrected chi connectivity index (χ4v) is 2.39. The highest BCUT2D eigenvalue weighted by Crippen LogP contribution is 2.30. The maximum absolute atomic E-state index is 5.49. The standard InChI is InChI=1S/C15H21N3O/c1-5-18-13(8-9-17-18)15(16-3)12-10-11(2)6-7-14(12)19-4/h6-10,15-16H,5H2,1-4H3. The Morgan fingerprint density at radius 3 is 2.79 bits per heavy atom. The SMILES string of the molecule is CCn1nccc1C(NC)c1cc(C)ccc1OC. The van der Waals surface area contributed by atoms with E-state index in [2.05, 4.69) is 36.4 Å². The summed E-state index contributed by atoms with van der Waals surface area (Å²) in [5.74, 6) is 0.897. The number of nitrogens with zero attached hydrogens (tertiary/aromatic N) is 2. The number of benzene rings is 1. The highest BCUT2D eigenvalue weighted by atomic mass is 16.5. The van der Waals surface area contributed by atoms with Crippen molar-refractivity contribution in [3.8, 4) is 5.75 Å². The average Bonchev–Trinajstić information content (AvgIpc) is 2.88. The van der Waals surface area contributed by atoms with Crippen molar-refractivity contribution in [3.05, 3.63) is 47.3 Å². The van der Waals surface area contributed by atoms with Crippen LogP contribution in [0.2, 0.25) is 0 Å². The van der Waals surface area contributed by atoms with Gasteiger partial charge in [0, 0.05) is 18.3 Å². The van der Waals surface area contributed by atoms with E-state index >= 15 is 0 Å². The molecule has 1 heterocycles. The first kappa shape index (κ1) is 13.6. The number of aromatic nitrogens is 2. The summed E-state index contributed by atoms with van der Waals surface area (Å²) in [6, 6.07) is 8.37. The summed E-state index contributed by atoms with van der Waals surface area (Å²) in [6.07, 6.45) is 1.84. The van der Waals surface area contributed by atoms with Gasteiger partial charge in [-0.05, 0) is 33.0 Å². The molecule has 0 aliphatic heterocycles. The lowest BCUT2D eigenvalue weighted by Crippen LogP contribution is -2.22. The van der Waals surface area contributed by atoms with Crippen molar-refractivity contribution in [2.45, 2.75) is 26.4 Å². The summed E-state index contributed by atoms with van der Waals surface area (Å²) in [7, 11) is 3.66. The van der Waals surface area contributed by atoms with Crippen LogP contribution in [0, 0.1) is 6.92 Å². The third-order valence-electron chi connectivity index (χ3n) is 3.33. The second-order valence-corrected chi connectivity index (χ2v) is 4.54. The van der Waals surface area contributed by atoms with Gasteiger partial charge in [0.1, 0.15) is 5.75 Å². The van der Waals surface area contributed by atoms with E-state index in [9.17, 15) is 0 Å². The molecule has 1 aromatic carbocycles. The first-order chi connectivity index (χ1) is 9.21. The topological polar surface area (TPSA) is 39.1 Å². The number of aryl methyl sites for hydroxylation is 2. The first-order valence-electron chi connectivity index (χ1n) is 6.54. The van der Waals surface area contributed by atoms with Crippen LogP contribution in [-0.4, -0.2) is 23.9 Å². The Kier molecular flexibility index (Phi) is 4.22. The Balaban J connectivity index is 2.50. The number of methoxy groups -OCH3 is 1. The van der Waals surface area contributed by atoms with E-state index in [1.165, 1.54) is 5.56 Å². The molecule has 1 aromatic heterocycles. The monoisotopic (exact) mass is 259 g/mol.